The Morgan fingerprint density at radius 2 is 2.17 bits per heavy atom. The number of rotatable bonds is 5. The second-order valence-corrected chi connectivity index (χ2v) is 5.60. The van der Waals surface area contributed by atoms with Crippen molar-refractivity contribution in [1.29, 1.82) is 5.26 Å². The minimum atomic E-state index is -0.312. The van der Waals surface area contributed by atoms with Gasteiger partial charge < -0.3 is 4.90 Å². The van der Waals surface area contributed by atoms with E-state index in [-0.39, 0.29) is 24.2 Å². The Labute approximate surface area is 140 Å². The topological polar surface area (TPSA) is 74.8 Å². The van der Waals surface area contributed by atoms with Crippen LogP contribution in [0.25, 0.3) is 5.69 Å². The molecule has 7 heteroatoms. The van der Waals surface area contributed by atoms with E-state index in [0.717, 1.165) is 0 Å². The summed E-state index contributed by atoms with van der Waals surface area (Å²) in [5.74, 6) is 0.449. The molecule has 0 aliphatic rings. The summed E-state index contributed by atoms with van der Waals surface area (Å²) in [5.41, 5.74) is 0.685. The molecular formula is C16H18ClN5O. The van der Waals surface area contributed by atoms with Crippen LogP contribution in [0.1, 0.15) is 36.7 Å². The first-order chi connectivity index (χ1) is 11.0. The first-order valence-corrected chi connectivity index (χ1v) is 7.72. The Bertz CT molecular complexity index is 749. The largest absolute Gasteiger partial charge is 0.335 e. The summed E-state index contributed by atoms with van der Waals surface area (Å²) < 4.78 is 1.60. The molecule has 1 unspecified atom stereocenters. The molecule has 0 saturated heterocycles. The van der Waals surface area contributed by atoms with Gasteiger partial charge in [0.05, 0.1) is 23.2 Å². The van der Waals surface area contributed by atoms with Gasteiger partial charge in [0, 0.05) is 19.5 Å². The average molecular weight is 332 g/mol. The number of benzene rings is 1. The number of carbonyl (C=O) groups is 1. The lowest BCUT2D eigenvalue weighted by Gasteiger charge is -2.21. The number of aromatic nitrogens is 3. The van der Waals surface area contributed by atoms with Gasteiger partial charge in [-0.05, 0) is 19.1 Å². The predicted molar refractivity (Wildman–Crippen MR) is 87.5 cm³/mol. The summed E-state index contributed by atoms with van der Waals surface area (Å²) in [6.45, 7) is 3.75. The number of nitrogens with zero attached hydrogens (tertiary/aromatic N) is 5. The van der Waals surface area contributed by atoms with Crippen LogP contribution in [0.3, 0.4) is 0 Å². The third-order valence-corrected chi connectivity index (χ3v) is 3.95. The van der Waals surface area contributed by atoms with Crippen LogP contribution in [0.2, 0.25) is 5.02 Å². The van der Waals surface area contributed by atoms with Crippen molar-refractivity contribution in [2.24, 2.45) is 0 Å². The fourth-order valence-electron chi connectivity index (χ4n) is 2.11. The molecule has 1 aromatic heterocycles. The van der Waals surface area contributed by atoms with Crippen molar-refractivity contribution in [3.05, 3.63) is 40.9 Å². The molecule has 0 aliphatic carbocycles. The molecule has 2 rings (SSSR count). The van der Waals surface area contributed by atoms with Crippen LogP contribution in [0, 0.1) is 11.3 Å². The Morgan fingerprint density at radius 3 is 2.78 bits per heavy atom. The average Bonchev–Trinajstić information content (AvgIpc) is 2.98. The van der Waals surface area contributed by atoms with E-state index in [1.54, 1.807) is 17.8 Å². The van der Waals surface area contributed by atoms with Gasteiger partial charge in [0.25, 0.3) is 5.91 Å². The van der Waals surface area contributed by atoms with Crippen LogP contribution in [0.15, 0.2) is 24.3 Å². The minimum Gasteiger partial charge on any atom is -0.335 e. The number of amides is 1. The van der Waals surface area contributed by atoms with Gasteiger partial charge in [0.15, 0.2) is 0 Å². The van der Waals surface area contributed by atoms with E-state index < -0.39 is 0 Å². The summed E-state index contributed by atoms with van der Waals surface area (Å²) in [7, 11) is 1.64. The molecule has 120 valence electrons. The first-order valence-electron chi connectivity index (χ1n) is 7.34. The molecule has 0 spiro atoms. The van der Waals surface area contributed by atoms with E-state index in [9.17, 15) is 4.79 Å². The number of nitriles is 1. The number of hydrogen-bond acceptors (Lipinski definition) is 4. The van der Waals surface area contributed by atoms with E-state index in [4.69, 9.17) is 16.9 Å². The molecule has 0 radical (unpaired) electrons. The van der Waals surface area contributed by atoms with Crippen LogP contribution < -0.4 is 0 Å². The maximum absolute atomic E-state index is 12.5. The van der Waals surface area contributed by atoms with E-state index in [1.807, 2.05) is 32.0 Å². The maximum atomic E-state index is 12.5. The fraction of sp³-hybridized carbons (Fsp3) is 0.375. The third-order valence-electron chi connectivity index (χ3n) is 3.63. The minimum absolute atomic E-state index is 0.106. The molecule has 6 nitrogen and oxygen atoms in total. The predicted octanol–water partition coefficient (Wildman–Crippen LogP) is 2.86. The molecule has 0 saturated carbocycles. The highest BCUT2D eigenvalue weighted by atomic mass is 35.5. The van der Waals surface area contributed by atoms with E-state index in [2.05, 4.69) is 16.2 Å². The van der Waals surface area contributed by atoms with Gasteiger partial charge in [0.1, 0.15) is 5.82 Å². The normalized spacial score (nSPS) is 11.8. The van der Waals surface area contributed by atoms with Crippen molar-refractivity contribution in [3.63, 3.8) is 0 Å². The van der Waals surface area contributed by atoms with Crippen molar-refractivity contribution >= 4 is 17.5 Å². The lowest BCUT2D eigenvalue weighted by Crippen LogP contribution is -2.35. The molecule has 0 N–H and O–H groups in total. The van der Waals surface area contributed by atoms with Crippen LogP contribution in [-0.4, -0.2) is 38.7 Å². The molecular weight excluding hydrogens is 314 g/mol. The molecule has 1 heterocycles. The molecule has 2 aromatic rings. The van der Waals surface area contributed by atoms with E-state index in [1.165, 1.54) is 4.90 Å². The third kappa shape index (κ3) is 3.51. The van der Waals surface area contributed by atoms with E-state index >= 15 is 0 Å². The summed E-state index contributed by atoms with van der Waals surface area (Å²) in [5, 5.41) is 13.6. The molecule has 23 heavy (non-hydrogen) atoms. The second kappa shape index (κ2) is 7.25. The fourth-order valence-corrected chi connectivity index (χ4v) is 2.32. The van der Waals surface area contributed by atoms with Gasteiger partial charge in [-0.2, -0.15) is 5.26 Å². The summed E-state index contributed by atoms with van der Waals surface area (Å²) in [6.07, 6.45) is 0.872. The standard InChI is InChI=1S/C16H18ClN5O/c1-4-14-19-15(16(23)21(3)11(2)9-10-18)20-22(14)13-8-6-5-7-12(13)17/h5-8,11H,4,9H2,1-3H3. The van der Waals surface area contributed by atoms with Gasteiger partial charge >= 0.3 is 0 Å². The van der Waals surface area contributed by atoms with Crippen molar-refractivity contribution in [1.82, 2.24) is 19.7 Å². The molecule has 0 fully saturated rings. The SMILES string of the molecule is CCc1nc(C(=O)N(C)C(C)CC#N)nn1-c1ccccc1Cl. The van der Waals surface area contributed by atoms with Crippen molar-refractivity contribution in [2.75, 3.05) is 7.05 Å². The van der Waals surface area contributed by atoms with Gasteiger partial charge in [-0.15, -0.1) is 5.10 Å². The molecule has 1 aromatic carbocycles. The maximum Gasteiger partial charge on any atom is 0.293 e. The van der Waals surface area contributed by atoms with Crippen LogP contribution >= 0.6 is 11.6 Å². The molecule has 0 bridgehead atoms. The van der Waals surface area contributed by atoms with Gasteiger partial charge in [0.2, 0.25) is 5.82 Å². The Kier molecular flexibility index (Phi) is 5.35. The van der Waals surface area contributed by atoms with Crippen LogP contribution in [0.4, 0.5) is 0 Å². The van der Waals surface area contributed by atoms with Crippen LogP contribution in [-0.2, 0) is 6.42 Å². The molecule has 1 atom stereocenters. The van der Waals surface area contributed by atoms with E-state index in [0.29, 0.717) is 23.0 Å². The van der Waals surface area contributed by atoms with Crippen molar-refractivity contribution in [3.8, 4) is 11.8 Å². The van der Waals surface area contributed by atoms with Crippen molar-refractivity contribution in [2.45, 2.75) is 32.7 Å². The molecule has 0 aliphatic heterocycles. The monoisotopic (exact) mass is 331 g/mol. The molecule has 1 amide bonds. The zero-order valence-corrected chi connectivity index (χ0v) is 14.1. The first kappa shape index (κ1) is 17.0. The lowest BCUT2D eigenvalue weighted by atomic mass is 10.2. The Hall–Kier alpha value is -2.39. The smallest absolute Gasteiger partial charge is 0.293 e. The summed E-state index contributed by atoms with van der Waals surface area (Å²) in [4.78, 5) is 18.3. The Morgan fingerprint density at radius 1 is 1.48 bits per heavy atom. The van der Waals surface area contributed by atoms with Gasteiger partial charge in [-0.25, -0.2) is 9.67 Å². The van der Waals surface area contributed by atoms with Gasteiger partial charge in [-0.1, -0.05) is 30.7 Å². The second-order valence-electron chi connectivity index (χ2n) is 5.20. The van der Waals surface area contributed by atoms with Gasteiger partial charge in [-0.3, -0.25) is 4.79 Å². The number of hydrogen-bond donors (Lipinski definition) is 0. The zero-order valence-electron chi connectivity index (χ0n) is 13.3. The van der Waals surface area contributed by atoms with Crippen molar-refractivity contribution < 1.29 is 4.79 Å². The number of halogens is 1. The van der Waals surface area contributed by atoms with Crippen LogP contribution in [0.5, 0.6) is 0 Å². The number of para-hydroxylation sites is 1. The highest BCUT2D eigenvalue weighted by molar-refractivity contribution is 6.32. The lowest BCUT2D eigenvalue weighted by molar-refractivity contribution is 0.0734. The number of carbonyl (C=O) groups excluding carboxylic acids is 1. The highest BCUT2D eigenvalue weighted by Crippen LogP contribution is 2.21. The summed E-state index contributed by atoms with van der Waals surface area (Å²) in [6, 6.07) is 9.13. The Balaban J connectivity index is 2.38. The zero-order chi connectivity index (χ0) is 17.0. The highest BCUT2D eigenvalue weighted by Gasteiger charge is 2.23. The summed E-state index contributed by atoms with van der Waals surface area (Å²) >= 11 is 6.21. The quantitative estimate of drug-likeness (QED) is 0.844. The number of aryl methyl sites for hydroxylation is 1.